The summed E-state index contributed by atoms with van der Waals surface area (Å²) in [5, 5.41) is 0.861. The molecular weight excluding hydrogens is 340 g/mol. The number of aromatic nitrogens is 1. The van der Waals surface area contributed by atoms with Gasteiger partial charge in [-0.2, -0.15) is 0 Å². The lowest BCUT2D eigenvalue weighted by Gasteiger charge is -2.07. The van der Waals surface area contributed by atoms with Crippen molar-refractivity contribution in [2.45, 2.75) is 17.9 Å². The zero-order chi connectivity index (χ0) is 14.4. The van der Waals surface area contributed by atoms with E-state index in [4.69, 9.17) is 0 Å². The molecule has 0 saturated heterocycles. The Morgan fingerprint density at radius 3 is 2.25 bits per heavy atom. The van der Waals surface area contributed by atoms with E-state index in [-0.39, 0.29) is 11.4 Å². The van der Waals surface area contributed by atoms with E-state index in [1.165, 1.54) is 0 Å². The van der Waals surface area contributed by atoms with Gasteiger partial charge in [-0.15, -0.1) is 0 Å². The molecule has 6 heteroatoms. The molecule has 0 aliphatic carbocycles. The third kappa shape index (κ3) is 4.13. The number of nitrogens with one attached hydrogen (secondary N) is 1. The van der Waals surface area contributed by atoms with Crippen LogP contribution in [0, 0.1) is 0 Å². The van der Waals surface area contributed by atoms with Crippen molar-refractivity contribution in [3.05, 3.63) is 59.9 Å². The van der Waals surface area contributed by atoms with Gasteiger partial charge in [0.1, 0.15) is 0 Å². The van der Waals surface area contributed by atoms with Gasteiger partial charge in [-0.05, 0) is 41.8 Å². The molecule has 106 valence electrons. The Bertz CT molecular complexity index is 643. The SMILES string of the molecule is O=S(=O)(NCc1ccncc1)c1ccc(CCBr)cc1. The highest BCUT2D eigenvalue weighted by Gasteiger charge is 2.13. The topological polar surface area (TPSA) is 59.1 Å². The van der Waals surface area contributed by atoms with E-state index in [2.05, 4.69) is 25.6 Å². The molecule has 0 aliphatic heterocycles. The summed E-state index contributed by atoms with van der Waals surface area (Å²) < 4.78 is 26.9. The number of halogens is 1. The summed E-state index contributed by atoms with van der Waals surface area (Å²) in [6.07, 6.45) is 4.15. The quantitative estimate of drug-likeness (QED) is 0.810. The van der Waals surface area contributed by atoms with Crippen LogP contribution < -0.4 is 4.72 Å². The van der Waals surface area contributed by atoms with Gasteiger partial charge in [0.15, 0.2) is 0 Å². The molecule has 2 aromatic rings. The largest absolute Gasteiger partial charge is 0.265 e. The smallest absolute Gasteiger partial charge is 0.240 e. The van der Waals surface area contributed by atoms with Crippen molar-refractivity contribution in [2.24, 2.45) is 0 Å². The van der Waals surface area contributed by atoms with Crippen LogP contribution in [0.3, 0.4) is 0 Å². The third-order valence-electron chi connectivity index (χ3n) is 2.83. The molecule has 2 rings (SSSR count). The van der Waals surface area contributed by atoms with Gasteiger partial charge in [-0.1, -0.05) is 28.1 Å². The van der Waals surface area contributed by atoms with E-state index in [0.29, 0.717) is 0 Å². The monoisotopic (exact) mass is 354 g/mol. The molecule has 0 saturated carbocycles. The molecule has 0 spiro atoms. The van der Waals surface area contributed by atoms with E-state index < -0.39 is 10.0 Å². The van der Waals surface area contributed by atoms with Gasteiger partial charge in [0, 0.05) is 24.3 Å². The first-order valence-electron chi connectivity index (χ1n) is 6.15. The Morgan fingerprint density at radius 1 is 1.00 bits per heavy atom. The lowest BCUT2D eigenvalue weighted by atomic mass is 10.2. The van der Waals surface area contributed by atoms with Crippen molar-refractivity contribution in [2.75, 3.05) is 5.33 Å². The van der Waals surface area contributed by atoms with Crippen LogP contribution in [0.5, 0.6) is 0 Å². The summed E-state index contributed by atoms with van der Waals surface area (Å²) in [5.74, 6) is 0. The van der Waals surface area contributed by atoms with E-state index in [1.54, 1.807) is 36.7 Å². The lowest BCUT2D eigenvalue weighted by Crippen LogP contribution is -2.23. The molecule has 0 unspecified atom stereocenters. The highest BCUT2D eigenvalue weighted by molar-refractivity contribution is 9.09. The second kappa shape index (κ2) is 6.97. The van der Waals surface area contributed by atoms with Gasteiger partial charge in [-0.25, -0.2) is 13.1 Å². The minimum atomic E-state index is -3.47. The van der Waals surface area contributed by atoms with Crippen LogP contribution in [-0.2, 0) is 23.0 Å². The fraction of sp³-hybridized carbons (Fsp3) is 0.214. The first kappa shape index (κ1) is 15.2. The van der Waals surface area contributed by atoms with Crippen LogP contribution in [0.25, 0.3) is 0 Å². The molecule has 1 heterocycles. The van der Waals surface area contributed by atoms with Gasteiger partial charge < -0.3 is 0 Å². The van der Waals surface area contributed by atoms with Gasteiger partial charge in [0.05, 0.1) is 4.90 Å². The van der Waals surface area contributed by atoms with Crippen molar-refractivity contribution >= 4 is 26.0 Å². The number of alkyl halides is 1. The van der Waals surface area contributed by atoms with Crippen LogP contribution >= 0.6 is 15.9 Å². The predicted molar refractivity (Wildman–Crippen MR) is 82.2 cm³/mol. The molecule has 0 radical (unpaired) electrons. The van der Waals surface area contributed by atoms with Crippen molar-refractivity contribution in [1.82, 2.24) is 9.71 Å². The Kier molecular flexibility index (Phi) is 5.28. The number of hydrogen-bond acceptors (Lipinski definition) is 3. The maximum atomic E-state index is 12.1. The molecule has 0 bridgehead atoms. The Balaban J connectivity index is 2.06. The second-order valence-electron chi connectivity index (χ2n) is 4.26. The number of sulfonamides is 1. The standard InChI is InChI=1S/C14H15BrN2O2S/c15-8-5-12-1-3-14(4-2-12)20(18,19)17-11-13-6-9-16-10-7-13/h1-4,6-7,9-10,17H,5,8,11H2. The summed E-state index contributed by atoms with van der Waals surface area (Å²) in [5.41, 5.74) is 1.98. The molecular formula is C14H15BrN2O2S. The summed E-state index contributed by atoms with van der Waals surface area (Å²) in [6, 6.07) is 10.5. The molecule has 0 fully saturated rings. The number of rotatable bonds is 6. The molecule has 0 aliphatic rings. The van der Waals surface area contributed by atoms with Crippen molar-refractivity contribution in [3.8, 4) is 0 Å². The Labute approximate surface area is 127 Å². The number of aryl methyl sites for hydroxylation is 1. The van der Waals surface area contributed by atoms with Crippen LogP contribution in [0.2, 0.25) is 0 Å². The minimum absolute atomic E-state index is 0.258. The fourth-order valence-corrected chi connectivity index (χ4v) is 3.18. The van der Waals surface area contributed by atoms with E-state index in [9.17, 15) is 8.42 Å². The zero-order valence-corrected chi connectivity index (χ0v) is 13.2. The molecule has 0 amide bonds. The molecule has 1 aromatic carbocycles. The minimum Gasteiger partial charge on any atom is -0.265 e. The molecule has 0 atom stereocenters. The Morgan fingerprint density at radius 2 is 1.65 bits per heavy atom. The van der Waals surface area contributed by atoms with Crippen molar-refractivity contribution < 1.29 is 8.42 Å². The summed E-state index contributed by atoms with van der Waals surface area (Å²) in [6.45, 7) is 0.258. The molecule has 1 aromatic heterocycles. The maximum Gasteiger partial charge on any atom is 0.240 e. The average Bonchev–Trinajstić information content (AvgIpc) is 2.47. The normalized spacial score (nSPS) is 11.4. The van der Waals surface area contributed by atoms with Gasteiger partial charge in [0.2, 0.25) is 10.0 Å². The van der Waals surface area contributed by atoms with Gasteiger partial charge in [0.25, 0.3) is 0 Å². The van der Waals surface area contributed by atoms with Gasteiger partial charge in [-0.3, -0.25) is 4.98 Å². The number of hydrogen-bond donors (Lipinski definition) is 1. The maximum absolute atomic E-state index is 12.1. The lowest BCUT2D eigenvalue weighted by molar-refractivity contribution is 0.581. The fourth-order valence-electron chi connectivity index (χ4n) is 1.71. The van der Waals surface area contributed by atoms with Crippen LogP contribution in [0.1, 0.15) is 11.1 Å². The average molecular weight is 355 g/mol. The predicted octanol–water partition coefficient (Wildman–Crippen LogP) is 2.50. The molecule has 1 N–H and O–H groups in total. The molecule has 4 nitrogen and oxygen atoms in total. The summed E-state index contributed by atoms with van der Waals surface area (Å²) in [4.78, 5) is 4.18. The number of benzene rings is 1. The van der Waals surface area contributed by atoms with Crippen LogP contribution in [0.15, 0.2) is 53.7 Å². The third-order valence-corrected chi connectivity index (χ3v) is 4.65. The highest BCUT2D eigenvalue weighted by Crippen LogP contribution is 2.12. The summed E-state index contributed by atoms with van der Waals surface area (Å²) >= 11 is 3.36. The first-order chi connectivity index (χ1) is 9.62. The van der Waals surface area contributed by atoms with Crippen LogP contribution in [-0.4, -0.2) is 18.7 Å². The summed E-state index contributed by atoms with van der Waals surface area (Å²) in [7, 11) is -3.47. The number of pyridine rings is 1. The molecule has 20 heavy (non-hydrogen) atoms. The zero-order valence-electron chi connectivity index (χ0n) is 10.8. The van der Waals surface area contributed by atoms with Crippen LogP contribution in [0.4, 0.5) is 0 Å². The van der Waals surface area contributed by atoms with E-state index in [0.717, 1.165) is 22.9 Å². The van der Waals surface area contributed by atoms with E-state index in [1.807, 2.05) is 12.1 Å². The van der Waals surface area contributed by atoms with Crippen molar-refractivity contribution in [1.29, 1.82) is 0 Å². The first-order valence-corrected chi connectivity index (χ1v) is 8.76. The van der Waals surface area contributed by atoms with Crippen molar-refractivity contribution in [3.63, 3.8) is 0 Å². The number of nitrogens with zero attached hydrogens (tertiary/aromatic N) is 1. The van der Waals surface area contributed by atoms with Gasteiger partial charge >= 0.3 is 0 Å². The second-order valence-corrected chi connectivity index (χ2v) is 6.82. The van der Waals surface area contributed by atoms with E-state index >= 15 is 0 Å². The highest BCUT2D eigenvalue weighted by atomic mass is 79.9. The Hall–Kier alpha value is -1.24.